The Morgan fingerprint density at radius 1 is 1.35 bits per heavy atom. The van der Waals surface area contributed by atoms with Gasteiger partial charge in [0.2, 0.25) is 5.91 Å². The van der Waals surface area contributed by atoms with Crippen molar-refractivity contribution in [3.05, 3.63) is 45.4 Å². The van der Waals surface area contributed by atoms with E-state index in [4.69, 9.17) is 4.74 Å². The maximum atomic E-state index is 11.8. The molecule has 20 heavy (non-hydrogen) atoms. The molecule has 0 fully saturated rings. The van der Waals surface area contributed by atoms with Crippen molar-refractivity contribution in [1.29, 1.82) is 0 Å². The summed E-state index contributed by atoms with van der Waals surface area (Å²) in [5, 5.41) is 4.45. The van der Waals surface area contributed by atoms with Gasteiger partial charge in [-0.25, -0.2) is 9.78 Å². The second-order valence-corrected chi connectivity index (χ2v) is 5.70. The highest BCUT2D eigenvalue weighted by molar-refractivity contribution is 9.10. The quantitative estimate of drug-likeness (QED) is 0.855. The molecule has 0 aliphatic heterocycles. The number of esters is 1. The van der Waals surface area contributed by atoms with Crippen molar-refractivity contribution >= 4 is 44.3 Å². The van der Waals surface area contributed by atoms with E-state index in [1.165, 1.54) is 18.3 Å². The van der Waals surface area contributed by atoms with Gasteiger partial charge in [0.15, 0.2) is 10.8 Å². The molecule has 1 aromatic carbocycles. The number of carbonyl (C=O) groups is 2. The largest absolute Gasteiger partial charge is 0.456 e. The summed E-state index contributed by atoms with van der Waals surface area (Å²) in [5.41, 5.74) is 1.08. The second kappa shape index (κ2) is 6.62. The Balaban J connectivity index is 1.93. The molecular formula is C13H11BrN2O3S. The normalized spacial score (nSPS) is 10.1. The van der Waals surface area contributed by atoms with E-state index in [0.29, 0.717) is 5.13 Å². The number of hydrogen-bond acceptors (Lipinski definition) is 5. The highest BCUT2D eigenvalue weighted by Crippen LogP contribution is 2.17. The minimum atomic E-state index is -0.513. The number of nitrogens with zero attached hydrogens (tertiary/aromatic N) is 1. The first-order valence-corrected chi connectivity index (χ1v) is 7.36. The molecule has 1 N–H and O–H groups in total. The summed E-state index contributed by atoms with van der Waals surface area (Å²) in [6.45, 7) is 1.56. The molecule has 0 aliphatic rings. The van der Waals surface area contributed by atoms with E-state index in [1.54, 1.807) is 5.38 Å². The molecule has 0 radical (unpaired) electrons. The number of rotatable bonds is 4. The summed E-state index contributed by atoms with van der Waals surface area (Å²) < 4.78 is 6.11. The molecule has 0 saturated carbocycles. The van der Waals surface area contributed by atoms with Crippen LogP contribution in [0.2, 0.25) is 0 Å². The van der Waals surface area contributed by atoms with E-state index in [-0.39, 0.29) is 18.2 Å². The average Bonchev–Trinajstić information content (AvgIpc) is 2.85. The molecule has 104 valence electrons. The van der Waals surface area contributed by atoms with Crippen molar-refractivity contribution < 1.29 is 14.3 Å². The monoisotopic (exact) mass is 354 g/mol. The molecule has 2 aromatic rings. The van der Waals surface area contributed by atoms with E-state index in [2.05, 4.69) is 26.2 Å². The molecule has 0 saturated heterocycles. The van der Waals surface area contributed by atoms with Crippen molar-refractivity contribution in [2.24, 2.45) is 0 Å². The van der Waals surface area contributed by atoms with Gasteiger partial charge in [-0.05, 0) is 17.7 Å². The van der Waals surface area contributed by atoms with E-state index in [0.717, 1.165) is 10.0 Å². The number of halogens is 1. The minimum Gasteiger partial charge on any atom is -0.456 e. The van der Waals surface area contributed by atoms with Gasteiger partial charge in [-0.3, -0.25) is 4.79 Å². The zero-order valence-electron chi connectivity index (χ0n) is 10.6. The van der Waals surface area contributed by atoms with Crippen molar-refractivity contribution in [1.82, 2.24) is 4.98 Å². The Morgan fingerprint density at radius 2 is 2.05 bits per heavy atom. The summed E-state index contributed by atoms with van der Waals surface area (Å²) in [6, 6.07) is 7.48. The highest BCUT2D eigenvalue weighted by atomic mass is 79.9. The number of anilines is 1. The van der Waals surface area contributed by atoms with Gasteiger partial charge in [0.05, 0.1) is 0 Å². The van der Waals surface area contributed by atoms with Crippen molar-refractivity contribution in [3.8, 4) is 0 Å². The second-order valence-electron chi connectivity index (χ2n) is 3.92. The van der Waals surface area contributed by atoms with Gasteiger partial charge >= 0.3 is 5.97 Å². The van der Waals surface area contributed by atoms with Crippen LogP contribution in [-0.4, -0.2) is 16.9 Å². The Hall–Kier alpha value is -1.73. The third-order valence-corrected chi connectivity index (χ3v) is 3.57. The number of hydrogen-bond donors (Lipinski definition) is 1. The topological polar surface area (TPSA) is 68.3 Å². The van der Waals surface area contributed by atoms with Crippen LogP contribution in [-0.2, 0) is 16.1 Å². The Kier molecular flexibility index (Phi) is 4.86. The number of benzene rings is 1. The lowest BCUT2D eigenvalue weighted by Crippen LogP contribution is -2.08. The Labute approximate surface area is 128 Å². The van der Waals surface area contributed by atoms with Gasteiger partial charge in [0.1, 0.15) is 6.61 Å². The van der Waals surface area contributed by atoms with E-state index < -0.39 is 5.97 Å². The minimum absolute atomic E-state index is 0.180. The van der Waals surface area contributed by atoms with Crippen molar-refractivity contribution in [2.45, 2.75) is 13.5 Å². The third-order valence-electron chi connectivity index (χ3n) is 2.28. The molecule has 1 heterocycles. The van der Waals surface area contributed by atoms with Crippen LogP contribution in [0.25, 0.3) is 0 Å². The van der Waals surface area contributed by atoms with Gasteiger partial charge in [0.25, 0.3) is 0 Å². The molecule has 0 atom stereocenters. The molecule has 1 aromatic heterocycles. The average molecular weight is 355 g/mol. The third kappa shape index (κ3) is 4.14. The van der Waals surface area contributed by atoms with E-state index >= 15 is 0 Å². The van der Waals surface area contributed by atoms with Crippen LogP contribution < -0.4 is 5.32 Å². The molecule has 5 nitrogen and oxygen atoms in total. The van der Waals surface area contributed by atoms with Crippen LogP contribution in [0.15, 0.2) is 34.1 Å². The summed E-state index contributed by atoms with van der Waals surface area (Å²) in [7, 11) is 0. The number of amides is 1. The first kappa shape index (κ1) is 14.7. The van der Waals surface area contributed by atoms with Crippen LogP contribution >= 0.6 is 27.3 Å². The van der Waals surface area contributed by atoms with E-state index in [1.807, 2.05) is 24.3 Å². The van der Waals surface area contributed by atoms with Crippen molar-refractivity contribution in [2.75, 3.05) is 5.32 Å². The van der Waals surface area contributed by atoms with Crippen molar-refractivity contribution in [3.63, 3.8) is 0 Å². The lowest BCUT2D eigenvalue weighted by atomic mass is 10.2. The lowest BCUT2D eigenvalue weighted by Gasteiger charge is -2.03. The van der Waals surface area contributed by atoms with Gasteiger partial charge in [0, 0.05) is 16.8 Å². The lowest BCUT2D eigenvalue weighted by molar-refractivity contribution is -0.114. The van der Waals surface area contributed by atoms with Crippen LogP contribution in [0.1, 0.15) is 23.0 Å². The van der Waals surface area contributed by atoms with Crippen LogP contribution in [0.4, 0.5) is 5.13 Å². The maximum Gasteiger partial charge on any atom is 0.358 e. The molecule has 7 heteroatoms. The molecule has 0 bridgehead atoms. The number of aromatic nitrogens is 1. The maximum absolute atomic E-state index is 11.8. The summed E-state index contributed by atoms with van der Waals surface area (Å²) in [4.78, 5) is 26.6. The highest BCUT2D eigenvalue weighted by Gasteiger charge is 2.12. The number of carbonyl (C=O) groups excluding carboxylic acids is 2. The fraction of sp³-hybridized carbons (Fsp3) is 0.154. The summed E-state index contributed by atoms with van der Waals surface area (Å²) in [6.07, 6.45) is 0. The summed E-state index contributed by atoms with van der Waals surface area (Å²) in [5.74, 6) is -0.741. The first-order valence-electron chi connectivity index (χ1n) is 5.69. The van der Waals surface area contributed by atoms with Gasteiger partial charge in [-0.15, -0.1) is 11.3 Å². The zero-order valence-corrected chi connectivity index (χ0v) is 13.0. The van der Waals surface area contributed by atoms with Gasteiger partial charge < -0.3 is 10.1 Å². The molecule has 0 spiro atoms. The molecular weight excluding hydrogens is 344 g/mol. The summed E-state index contributed by atoms with van der Waals surface area (Å²) >= 11 is 4.51. The predicted octanol–water partition coefficient (Wildman–Crippen LogP) is 3.22. The fourth-order valence-electron chi connectivity index (χ4n) is 1.38. The van der Waals surface area contributed by atoms with Gasteiger partial charge in [-0.1, -0.05) is 28.1 Å². The fourth-order valence-corrected chi connectivity index (χ4v) is 2.37. The molecule has 0 unspecified atom stereocenters. The standard InChI is InChI=1S/C13H11BrN2O3S/c1-8(17)15-13-16-11(7-20-13)12(18)19-6-9-2-4-10(14)5-3-9/h2-5,7H,6H2,1H3,(H,15,16,17). The molecule has 0 aliphatic carbocycles. The van der Waals surface area contributed by atoms with Crippen LogP contribution in [0.5, 0.6) is 0 Å². The van der Waals surface area contributed by atoms with Crippen LogP contribution in [0.3, 0.4) is 0 Å². The molecule has 2 rings (SSSR count). The number of nitrogens with one attached hydrogen (secondary N) is 1. The molecule has 1 amide bonds. The smallest absolute Gasteiger partial charge is 0.358 e. The first-order chi connectivity index (χ1) is 9.54. The Morgan fingerprint density at radius 3 is 2.70 bits per heavy atom. The van der Waals surface area contributed by atoms with Crippen LogP contribution in [0, 0.1) is 0 Å². The SMILES string of the molecule is CC(=O)Nc1nc(C(=O)OCc2ccc(Br)cc2)cs1. The zero-order chi connectivity index (χ0) is 14.5. The predicted molar refractivity (Wildman–Crippen MR) is 79.7 cm³/mol. The number of thiazole rings is 1. The number of ether oxygens (including phenoxy) is 1. The Bertz CT molecular complexity index is 625. The van der Waals surface area contributed by atoms with E-state index in [9.17, 15) is 9.59 Å². The van der Waals surface area contributed by atoms with Gasteiger partial charge in [-0.2, -0.15) is 0 Å².